The summed E-state index contributed by atoms with van der Waals surface area (Å²) in [7, 11) is 0. The summed E-state index contributed by atoms with van der Waals surface area (Å²) in [5.74, 6) is 0. The highest BCUT2D eigenvalue weighted by Crippen LogP contribution is 2.18. The highest BCUT2D eigenvalue weighted by atomic mass is 15.1. The molecule has 0 radical (unpaired) electrons. The van der Waals surface area contributed by atoms with E-state index in [1.54, 1.807) is 0 Å². The monoisotopic (exact) mass is 234 g/mol. The third-order valence-electron chi connectivity index (χ3n) is 3.32. The zero-order valence-electron chi connectivity index (χ0n) is 11.7. The van der Waals surface area contributed by atoms with Gasteiger partial charge in [0.05, 0.1) is 0 Å². The maximum Gasteiger partial charge on any atom is 0.0396 e. The van der Waals surface area contributed by atoms with Gasteiger partial charge in [0.25, 0.3) is 0 Å². The summed E-state index contributed by atoms with van der Waals surface area (Å²) in [6, 6.07) is 9.23. The Morgan fingerprint density at radius 1 is 1.24 bits per heavy atom. The van der Waals surface area contributed by atoms with Crippen LogP contribution in [0.1, 0.15) is 32.8 Å². The van der Waals surface area contributed by atoms with Gasteiger partial charge in [0.1, 0.15) is 0 Å². The van der Waals surface area contributed by atoms with Gasteiger partial charge in [-0.15, -0.1) is 0 Å². The van der Waals surface area contributed by atoms with Gasteiger partial charge >= 0.3 is 0 Å². The Bertz CT molecular complexity index is 322. The Kier molecular flexibility index (Phi) is 6.06. The van der Waals surface area contributed by atoms with Crippen molar-refractivity contribution in [1.82, 2.24) is 5.32 Å². The van der Waals surface area contributed by atoms with E-state index in [9.17, 15) is 0 Å². The third kappa shape index (κ3) is 4.39. The van der Waals surface area contributed by atoms with Crippen molar-refractivity contribution in [3.8, 4) is 0 Å². The van der Waals surface area contributed by atoms with Gasteiger partial charge in [0.15, 0.2) is 0 Å². The van der Waals surface area contributed by atoms with Gasteiger partial charge in [-0.1, -0.05) is 25.1 Å². The molecule has 0 saturated heterocycles. The number of aryl methyl sites for hydroxylation is 1. The number of hydrogen-bond donors (Lipinski definition) is 1. The molecule has 0 spiro atoms. The quantitative estimate of drug-likeness (QED) is 0.779. The standard InChI is InChI=1S/C15H26N2/c1-5-14(4)16-11-12-17(6-2)15-10-8-7-9-13(15)3/h7-10,14,16H,5-6,11-12H2,1-4H3. The van der Waals surface area contributed by atoms with Crippen LogP contribution in [0.3, 0.4) is 0 Å². The highest BCUT2D eigenvalue weighted by Gasteiger charge is 2.06. The molecule has 0 heterocycles. The predicted octanol–water partition coefficient (Wildman–Crippen LogP) is 3.21. The molecular weight excluding hydrogens is 208 g/mol. The van der Waals surface area contributed by atoms with Gasteiger partial charge in [-0.2, -0.15) is 0 Å². The average Bonchev–Trinajstić information content (AvgIpc) is 2.35. The maximum atomic E-state index is 3.54. The van der Waals surface area contributed by atoms with Crippen LogP contribution in [0.25, 0.3) is 0 Å². The van der Waals surface area contributed by atoms with E-state index in [1.165, 1.54) is 17.7 Å². The molecule has 0 aliphatic heterocycles. The lowest BCUT2D eigenvalue weighted by atomic mass is 10.2. The van der Waals surface area contributed by atoms with Crippen molar-refractivity contribution in [1.29, 1.82) is 0 Å². The van der Waals surface area contributed by atoms with Crippen LogP contribution >= 0.6 is 0 Å². The molecule has 2 heteroatoms. The van der Waals surface area contributed by atoms with Crippen molar-refractivity contribution >= 4 is 5.69 Å². The molecule has 1 atom stereocenters. The molecule has 0 saturated carbocycles. The molecule has 0 aromatic heterocycles. The second-order valence-corrected chi connectivity index (χ2v) is 4.63. The summed E-state index contributed by atoms with van der Waals surface area (Å²) in [4.78, 5) is 2.44. The number of likely N-dealkylation sites (N-methyl/N-ethyl adjacent to an activating group) is 1. The zero-order valence-corrected chi connectivity index (χ0v) is 11.7. The summed E-state index contributed by atoms with van der Waals surface area (Å²) in [6.45, 7) is 12.0. The lowest BCUT2D eigenvalue weighted by Crippen LogP contribution is -2.36. The fraction of sp³-hybridized carbons (Fsp3) is 0.600. The number of para-hydroxylation sites is 1. The minimum absolute atomic E-state index is 0.616. The first-order valence-corrected chi connectivity index (χ1v) is 6.73. The topological polar surface area (TPSA) is 15.3 Å². The van der Waals surface area contributed by atoms with Gasteiger partial charge in [0, 0.05) is 31.4 Å². The first-order chi connectivity index (χ1) is 8.19. The molecule has 96 valence electrons. The summed E-state index contributed by atoms with van der Waals surface area (Å²) in [5, 5.41) is 3.54. The minimum atomic E-state index is 0.616. The van der Waals surface area contributed by atoms with Crippen molar-refractivity contribution in [2.75, 3.05) is 24.5 Å². The van der Waals surface area contributed by atoms with Crippen LogP contribution in [0.15, 0.2) is 24.3 Å². The van der Waals surface area contributed by atoms with Crippen LogP contribution < -0.4 is 10.2 Å². The first kappa shape index (κ1) is 14.0. The SMILES string of the molecule is CCC(C)NCCN(CC)c1ccccc1C. The number of benzene rings is 1. The normalized spacial score (nSPS) is 12.5. The van der Waals surface area contributed by atoms with E-state index < -0.39 is 0 Å². The van der Waals surface area contributed by atoms with Crippen LogP contribution in [0.5, 0.6) is 0 Å². The maximum absolute atomic E-state index is 3.54. The number of anilines is 1. The van der Waals surface area contributed by atoms with Crippen LogP contribution in [-0.4, -0.2) is 25.7 Å². The van der Waals surface area contributed by atoms with Gasteiger partial charge in [-0.05, 0) is 38.8 Å². The largest absolute Gasteiger partial charge is 0.370 e. The molecule has 1 unspecified atom stereocenters. The van der Waals surface area contributed by atoms with Gasteiger partial charge in [-0.3, -0.25) is 0 Å². The summed E-state index contributed by atoms with van der Waals surface area (Å²) < 4.78 is 0. The highest BCUT2D eigenvalue weighted by molar-refractivity contribution is 5.52. The number of hydrogen-bond acceptors (Lipinski definition) is 2. The lowest BCUT2D eigenvalue weighted by Gasteiger charge is -2.25. The second-order valence-electron chi connectivity index (χ2n) is 4.63. The van der Waals surface area contributed by atoms with Crippen LogP contribution in [0.2, 0.25) is 0 Å². The van der Waals surface area contributed by atoms with E-state index in [1.807, 2.05) is 0 Å². The predicted molar refractivity (Wildman–Crippen MR) is 76.8 cm³/mol. The van der Waals surface area contributed by atoms with Crippen molar-refractivity contribution in [3.05, 3.63) is 29.8 Å². The van der Waals surface area contributed by atoms with E-state index >= 15 is 0 Å². The average molecular weight is 234 g/mol. The molecule has 1 aromatic rings. The van der Waals surface area contributed by atoms with E-state index in [-0.39, 0.29) is 0 Å². The van der Waals surface area contributed by atoms with Crippen molar-refractivity contribution < 1.29 is 0 Å². The third-order valence-corrected chi connectivity index (χ3v) is 3.32. The fourth-order valence-electron chi connectivity index (χ4n) is 1.96. The van der Waals surface area contributed by atoms with Gasteiger partial charge in [0.2, 0.25) is 0 Å². The molecule has 0 fully saturated rings. The minimum Gasteiger partial charge on any atom is -0.370 e. The molecule has 0 bridgehead atoms. The zero-order chi connectivity index (χ0) is 12.7. The Morgan fingerprint density at radius 3 is 2.53 bits per heavy atom. The first-order valence-electron chi connectivity index (χ1n) is 6.73. The van der Waals surface area contributed by atoms with E-state index in [2.05, 4.69) is 62.2 Å². The Hall–Kier alpha value is -1.02. The van der Waals surface area contributed by atoms with Crippen LogP contribution in [0.4, 0.5) is 5.69 Å². The molecular formula is C15H26N2. The molecule has 0 amide bonds. The molecule has 2 nitrogen and oxygen atoms in total. The Balaban J connectivity index is 2.52. The Morgan fingerprint density at radius 2 is 1.94 bits per heavy atom. The fourth-order valence-corrected chi connectivity index (χ4v) is 1.96. The molecule has 0 aliphatic rings. The molecule has 1 aromatic carbocycles. The van der Waals surface area contributed by atoms with Gasteiger partial charge in [-0.25, -0.2) is 0 Å². The van der Waals surface area contributed by atoms with Gasteiger partial charge < -0.3 is 10.2 Å². The number of nitrogens with one attached hydrogen (secondary N) is 1. The summed E-state index contributed by atoms with van der Waals surface area (Å²) in [5.41, 5.74) is 2.72. The number of nitrogens with zero attached hydrogens (tertiary/aromatic N) is 1. The molecule has 17 heavy (non-hydrogen) atoms. The summed E-state index contributed by atoms with van der Waals surface area (Å²) in [6.07, 6.45) is 1.19. The number of rotatable bonds is 7. The van der Waals surface area contributed by atoms with E-state index in [0.29, 0.717) is 6.04 Å². The second kappa shape index (κ2) is 7.33. The van der Waals surface area contributed by atoms with Crippen molar-refractivity contribution in [2.24, 2.45) is 0 Å². The molecule has 1 rings (SSSR count). The smallest absolute Gasteiger partial charge is 0.0396 e. The summed E-state index contributed by atoms with van der Waals surface area (Å²) >= 11 is 0. The molecule has 1 N–H and O–H groups in total. The lowest BCUT2D eigenvalue weighted by molar-refractivity contribution is 0.534. The van der Waals surface area contributed by atoms with Crippen molar-refractivity contribution in [2.45, 2.75) is 40.2 Å². The Labute approximate surface area is 106 Å². The van der Waals surface area contributed by atoms with Crippen molar-refractivity contribution in [3.63, 3.8) is 0 Å². The van der Waals surface area contributed by atoms with E-state index in [4.69, 9.17) is 0 Å². The van der Waals surface area contributed by atoms with Crippen LogP contribution in [0, 0.1) is 6.92 Å². The van der Waals surface area contributed by atoms with E-state index in [0.717, 1.165) is 19.6 Å². The molecule has 0 aliphatic carbocycles. The van der Waals surface area contributed by atoms with Crippen LogP contribution in [-0.2, 0) is 0 Å².